The van der Waals surface area contributed by atoms with Gasteiger partial charge in [-0.15, -0.1) is 11.3 Å². The number of piperidine rings is 1. The second-order valence-corrected chi connectivity index (χ2v) is 6.53. The van der Waals surface area contributed by atoms with Gasteiger partial charge in [0.2, 0.25) is 0 Å². The number of amides is 1. The van der Waals surface area contributed by atoms with Crippen molar-refractivity contribution < 1.29 is 4.79 Å². The molecule has 1 aromatic heterocycles. The summed E-state index contributed by atoms with van der Waals surface area (Å²) in [4.78, 5) is 15.9. The van der Waals surface area contributed by atoms with Gasteiger partial charge in [-0.1, -0.05) is 6.92 Å². The minimum atomic E-state index is 0.0962. The fourth-order valence-electron chi connectivity index (χ4n) is 2.51. The molecule has 0 unspecified atom stereocenters. The number of nitrogens with one attached hydrogen (secondary N) is 1. The van der Waals surface area contributed by atoms with Crippen LogP contribution >= 0.6 is 11.3 Å². The zero-order valence-corrected chi connectivity index (χ0v) is 12.9. The van der Waals surface area contributed by atoms with Gasteiger partial charge in [0.25, 0.3) is 5.91 Å². The minimum absolute atomic E-state index is 0.0962. The number of carbonyl (C=O) groups is 1. The molecule has 2 rings (SSSR count). The lowest BCUT2D eigenvalue weighted by atomic mass is 10.0. The van der Waals surface area contributed by atoms with Crippen molar-refractivity contribution in [2.24, 2.45) is 0 Å². The molecule has 19 heavy (non-hydrogen) atoms. The Bertz CT molecular complexity index is 420. The van der Waals surface area contributed by atoms with Crippen molar-refractivity contribution in [3.05, 3.63) is 21.9 Å². The fourth-order valence-corrected chi connectivity index (χ4v) is 3.33. The van der Waals surface area contributed by atoms with Gasteiger partial charge in [0.15, 0.2) is 0 Å². The van der Waals surface area contributed by atoms with Crippen LogP contribution in [0.5, 0.6) is 0 Å². The van der Waals surface area contributed by atoms with Crippen LogP contribution in [0.1, 0.15) is 48.8 Å². The molecule has 0 radical (unpaired) electrons. The van der Waals surface area contributed by atoms with Crippen LogP contribution in [0.2, 0.25) is 0 Å². The molecule has 106 valence electrons. The number of hydrogen-bond donors (Lipinski definition) is 1. The Kier molecular flexibility index (Phi) is 4.99. The number of thiophene rings is 1. The lowest BCUT2D eigenvalue weighted by molar-refractivity contribution is 0.0901. The highest BCUT2D eigenvalue weighted by atomic mass is 32.1. The molecule has 1 N–H and O–H groups in total. The van der Waals surface area contributed by atoms with Crippen LogP contribution in [0.3, 0.4) is 0 Å². The number of aryl methyl sites for hydroxylation is 1. The zero-order chi connectivity index (χ0) is 13.8. The molecule has 0 saturated carbocycles. The molecule has 1 aliphatic rings. The lowest BCUT2D eigenvalue weighted by Crippen LogP contribution is -2.46. The fraction of sp³-hybridized carbons (Fsp3) is 0.667. The molecule has 0 spiro atoms. The molecule has 1 saturated heterocycles. The summed E-state index contributed by atoms with van der Waals surface area (Å²) >= 11 is 1.68. The van der Waals surface area contributed by atoms with Gasteiger partial charge in [-0.25, -0.2) is 0 Å². The van der Waals surface area contributed by atoms with E-state index in [1.807, 2.05) is 11.4 Å². The molecule has 0 aliphatic carbocycles. The number of rotatable bonds is 4. The van der Waals surface area contributed by atoms with E-state index in [1.165, 1.54) is 4.88 Å². The number of carbonyl (C=O) groups excluding carboxylic acids is 1. The summed E-state index contributed by atoms with van der Waals surface area (Å²) in [5, 5.41) is 5.14. The normalized spacial score (nSPS) is 17.9. The largest absolute Gasteiger partial charge is 0.349 e. The molecular weight excluding hydrogens is 256 g/mol. The van der Waals surface area contributed by atoms with E-state index in [0.29, 0.717) is 12.1 Å². The maximum Gasteiger partial charge on any atom is 0.252 e. The van der Waals surface area contributed by atoms with E-state index in [2.05, 4.69) is 31.0 Å². The van der Waals surface area contributed by atoms with Crippen LogP contribution < -0.4 is 5.32 Å². The third-order valence-electron chi connectivity index (χ3n) is 3.86. The van der Waals surface area contributed by atoms with Crippen molar-refractivity contribution in [2.75, 3.05) is 13.1 Å². The van der Waals surface area contributed by atoms with E-state index in [0.717, 1.165) is 37.9 Å². The highest BCUT2D eigenvalue weighted by Gasteiger charge is 2.22. The maximum absolute atomic E-state index is 12.1. The summed E-state index contributed by atoms with van der Waals surface area (Å²) in [5.74, 6) is 0.0962. The van der Waals surface area contributed by atoms with Crippen LogP contribution in [0, 0.1) is 0 Å². The van der Waals surface area contributed by atoms with Gasteiger partial charge in [-0.2, -0.15) is 0 Å². The zero-order valence-electron chi connectivity index (χ0n) is 12.1. The summed E-state index contributed by atoms with van der Waals surface area (Å²) in [6.07, 6.45) is 3.13. The van der Waals surface area contributed by atoms with E-state index in [9.17, 15) is 4.79 Å². The second kappa shape index (κ2) is 6.53. The Morgan fingerprint density at radius 3 is 2.68 bits per heavy atom. The average Bonchev–Trinajstić information content (AvgIpc) is 2.88. The van der Waals surface area contributed by atoms with Gasteiger partial charge >= 0.3 is 0 Å². The minimum Gasteiger partial charge on any atom is -0.349 e. The van der Waals surface area contributed by atoms with Gasteiger partial charge in [-0.3, -0.25) is 4.79 Å². The Balaban J connectivity index is 1.83. The Labute approximate surface area is 120 Å². The maximum atomic E-state index is 12.1. The smallest absolute Gasteiger partial charge is 0.252 e. The molecule has 1 fully saturated rings. The van der Waals surface area contributed by atoms with Gasteiger partial charge in [0, 0.05) is 35.4 Å². The number of nitrogens with zero attached hydrogens (tertiary/aromatic N) is 1. The Morgan fingerprint density at radius 1 is 1.47 bits per heavy atom. The van der Waals surface area contributed by atoms with Crippen LogP contribution in [-0.2, 0) is 6.42 Å². The molecular formula is C15H24N2OS. The van der Waals surface area contributed by atoms with E-state index in [-0.39, 0.29) is 5.91 Å². The third kappa shape index (κ3) is 3.80. The summed E-state index contributed by atoms with van der Waals surface area (Å²) in [5.41, 5.74) is 0.827. The van der Waals surface area contributed by atoms with Crippen LogP contribution in [-0.4, -0.2) is 36.0 Å². The van der Waals surface area contributed by atoms with E-state index in [4.69, 9.17) is 0 Å². The number of hydrogen-bond acceptors (Lipinski definition) is 3. The molecule has 0 bridgehead atoms. The molecule has 1 aliphatic heterocycles. The Hall–Kier alpha value is -0.870. The average molecular weight is 280 g/mol. The molecule has 1 aromatic rings. The van der Waals surface area contributed by atoms with Gasteiger partial charge in [0.1, 0.15) is 0 Å². The van der Waals surface area contributed by atoms with E-state index < -0.39 is 0 Å². The molecule has 3 nitrogen and oxygen atoms in total. The lowest BCUT2D eigenvalue weighted by Gasteiger charge is -2.34. The first-order chi connectivity index (χ1) is 9.10. The topological polar surface area (TPSA) is 32.3 Å². The number of likely N-dealkylation sites (tertiary alicyclic amines) is 1. The second-order valence-electron chi connectivity index (χ2n) is 5.53. The highest BCUT2D eigenvalue weighted by Crippen LogP contribution is 2.17. The van der Waals surface area contributed by atoms with Crippen molar-refractivity contribution >= 4 is 17.2 Å². The summed E-state index contributed by atoms with van der Waals surface area (Å²) in [7, 11) is 0. The third-order valence-corrected chi connectivity index (χ3v) is 4.94. The van der Waals surface area contributed by atoms with Crippen molar-refractivity contribution in [3.8, 4) is 0 Å². The summed E-state index contributed by atoms with van der Waals surface area (Å²) in [6, 6.07) is 2.97. The SMILES string of the molecule is CCc1cc(C(=O)NC2CCN(C(C)C)CC2)cs1. The molecule has 0 aromatic carbocycles. The Morgan fingerprint density at radius 2 is 2.16 bits per heavy atom. The summed E-state index contributed by atoms with van der Waals surface area (Å²) < 4.78 is 0. The van der Waals surface area contributed by atoms with E-state index >= 15 is 0 Å². The highest BCUT2D eigenvalue weighted by molar-refractivity contribution is 7.10. The first kappa shape index (κ1) is 14.5. The monoisotopic (exact) mass is 280 g/mol. The van der Waals surface area contributed by atoms with Crippen molar-refractivity contribution in [1.82, 2.24) is 10.2 Å². The van der Waals surface area contributed by atoms with Crippen molar-refractivity contribution in [2.45, 2.75) is 52.1 Å². The van der Waals surface area contributed by atoms with Crippen molar-refractivity contribution in [1.29, 1.82) is 0 Å². The first-order valence-corrected chi connectivity index (χ1v) is 8.10. The van der Waals surface area contributed by atoms with Crippen LogP contribution in [0.4, 0.5) is 0 Å². The first-order valence-electron chi connectivity index (χ1n) is 7.22. The molecule has 2 heterocycles. The predicted octanol–water partition coefficient (Wildman–Crippen LogP) is 2.91. The van der Waals surface area contributed by atoms with Crippen molar-refractivity contribution in [3.63, 3.8) is 0 Å². The molecule has 0 atom stereocenters. The quantitative estimate of drug-likeness (QED) is 0.919. The predicted molar refractivity (Wildman–Crippen MR) is 80.9 cm³/mol. The van der Waals surface area contributed by atoms with Gasteiger partial charge in [-0.05, 0) is 39.2 Å². The molecule has 1 amide bonds. The van der Waals surface area contributed by atoms with Crippen LogP contribution in [0.15, 0.2) is 11.4 Å². The summed E-state index contributed by atoms with van der Waals surface area (Å²) in [6.45, 7) is 8.77. The van der Waals surface area contributed by atoms with Gasteiger partial charge in [0.05, 0.1) is 5.56 Å². The standard InChI is InChI=1S/C15H24N2OS/c1-4-14-9-12(10-19-14)15(18)16-13-5-7-17(8-6-13)11(2)3/h9-11,13H,4-8H2,1-3H3,(H,16,18). The van der Waals surface area contributed by atoms with E-state index in [1.54, 1.807) is 11.3 Å². The molecule has 4 heteroatoms. The van der Waals surface area contributed by atoms with Gasteiger partial charge < -0.3 is 10.2 Å². The van der Waals surface area contributed by atoms with Crippen LogP contribution in [0.25, 0.3) is 0 Å².